The number of benzene rings is 2. The van der Waals surface area contributed by atoms with Gasteiger partial charge in [-0.15, -0.1) is 0 Å². The summed E-state index contributed by atoms with van der Waals surface area (Å²) in [5, 5.41) is 5.82. The number of oxazole rings is 1. The van der Waals surface area contributed by atoms with Crippen molar-refractivity contribution in [3.05, 3.63) is 66.9 Å². The van der Waals surface area contributed by atoms with Gasteiger partial charge in [-0.25, -0.2) is 9.97 Å². The van der Waals surface area contributed by atoms with E-state index in [0.29, 0.717) is 11.6 Å². The van der Waals surface area contributed by atoms with Crippen molar-refractivity contribution in [2.24, 2.45) is 0 Å². The Morgan fingerprint density at radius 1 is 0.815 bits per heavy atom. The van der Waals surface area contributed by atoms with E-state index in [2.05, 4.69) is 21.2 Å². The fraction of sp³-hybridized carbons (Fsp3) is 0. The van der Waals surface area contributed by atoms with E-state index in [1.54, 1.807) is 6.20 Å². The number of aromatic nitrogens is 4. The van der Waals surface area contributed by atoms with Crippen LogP contribution in [-0.2, 0) is 0 Å². The fourth-order valence-electron chi connectivity index (χ4n) is 3.29. The first-order valence-electron chi connectivity index (χ1n) is 8.54. The highest BCUT2D eigenvalue weighted by Gasteiger charge is 2.12. The summed E-state index contributed by atoms with van der Waals surface area (Å²) in [6.07, 6.45) is 1.71. The van der Waals surface area contributed by atoms with Crippen LogP contribution in [0.1, 0.15) is 0 Å². The average molecular weight is 352 g/mol. The van der Waals surface area contributed by atoms with Crippen molar-refractivity contribution in [3.63, 3.8) is 0 Å². The number of para-hydroxylation sites is 2. The van der Waals surface area contributed by atoms with Crippen molar-refractivity contribution >= 4 is 33.1 Å². The maximum absolute atomic E-state index is 5.83. The first-order chi connectivity index (χ1) is 13.3. The summed E-state index contributed by atoms with van der Waals surface area (Å²) in [6.45, 7) is 0. The number of hydrogen-bond acceptors (Lipinski definition) is 5. The summed E-state index contributed by atoms with van der Waals surface area (Å²) in [6, 6.07) is 19.7. The van der Waals surface area contributed by atoms with Crippen LogP contribution >= 0.6 is 0 Å². The Hall–Kier alpha value is -3.93. The molecule has 0 amide bonds. The van der Waals surface area contributed by atoms with Gasteiger partial charge in [-0.1, -0.05) is 23.4 Å². The van der Waals surface area contributed by atoms with Gasteiger partial charge in [0.15, 0.2) is 11.2 Å². The van der Waals surface area contributed by atoms with Crippen LogP contribution in [0.15, 0.2) is 75.8 Å². The topological polar surface area (TPSA) is 80.7 Å². The van der Waals surface area contributed by atoms with Gasteiger partial charge in [-0.05, 0) is 42.5 Å². The summed E-state index contributed by atoms with van der Waals surface area (Å²) in [7, 11) is 0. The van der Waals surface area contributed by atoms with E-state index in [-0.39, 0.29) is 0 Å². The number of fused-ring (bicyclic) bond motifs is 3. The molecule has 0 unspecified atom stereocenters. The lowest BCUT2D eigenvalue weighted by Gasteiger charge is -1.96. The third-order valence-corrected chi connectivity index (χ3v) is 4.66. The molecule has 0 saturated heterocycles. The largest absolute Gasteiger partial charge is 0.435 e. The quantitative estimate of drug-likeness (QED) is 0.464. The molecule has 4 aromatic heterocycles. The third kappa shape index (κ3) is 2.23. The summed E-state index contributed by atoms with van der Waals surface area (Å²) in [5.74, 6) is 0.511. The minimum Gasteiger partial charge on any atom is -0.435 e. The lowest BCUT2D eigenvalue weighted by molar-refractivity contribution is 0.456. The Balaban J connectivity index is 1.46. The van der Waals surface area contributed by atoms with Gasteiger partial charge in [0.05, 0.1) is 6.20 Å². The predicted molar refractivity (Wildman–Crippen MR) is 102 cm³/mol. The second-order valence-electron chi connectivity index (χ2n) is 6.38. The molecule has 6 aromatic rings. The fourth-order valence-corrected chi connectivity index (χ4v) is 3.29. The second-order valence-corrected chi connectivity index (χ2v) is 6.38. The van der Waals surface area contributed by atoms with Crippen molar-refractivity contribution in [2.45, 2.75) is 0 Å². The van der Waals surface area contributed by atoms with Gasteiger partial charge in [-0.3, -0.25) is 0 Å². The van der Waals surface area contributed by atoms with Gasteiger partial charge in [0.2, 0.25) is 5.89 Å². The Morgan fingerprint density at radius 3 is 2.70 bits per heavy atom. The van der Waals surface area contributed by atoms with Crippen LogP contribution in [0.5, 0.6) is 0 Å². The standard InChI is InChI=1S/C21H12N4O2/c1-2-4-18-15(3-1)25-21(26-18)16-8-7-13-9-17(24-20(13)23-16)12-5-6-14-11-22-27-19(14)10-12/h1-11H,(H,23,24). The Labute approximate surface area is 152 Å². The zero-order valence-corrected chi connectivity index (χ0v) is 14.0. The molecule has 128 valence electrons. The highest BCUT2D eigenvalue weighted by Crippen LogP contribution is 2.29. The molecule has 0 atom stereocenters. The lowest BCUT2D eigenvalue weighted by Crippen LogP contribution is -1.84. The molecule has 0 fully saturated rings. The molecule has 6 heteroatoms. The third-order valence-electron chi connectivity index (χ3n) is 4.66. The minimum absolute atomic E-state index is 0.511. The zero-order valence-electron chi connectivity index (χ0n) is 14.0. The van der Waals surface area contributed by atoms with Gasteiger partial charge in [-0.2, -0.15) is 0 Å². The summed E-state index contributed by atoms with van der Waals surface area (Å²) in [4.78, 5) is 12.6. The Kier molecular flexibility index (Phi) is 2.79. The van der Waals surface area contributed by atoms with Crippen LogP contribution in [0.2, 0.25) is 0 Å². The number of rotatable bonds is 2. The number of pyridine rings is 1. The van der Waals surface area contributed by atoms with Crippen LogP contribution in [0.25, 0.3) is 55.9 Å². The molecule has 2 aromatic carbocycles. The molecule has 0 aliphatic carbocycles. The molecule has 6 rings (SSSR count). The van der Waals surface area contributed by atoms with E-state index in [9.17, 15) is 0 Å². The van der Waals surface area contributed by atoms with Gasteiger partial charge in [0.1, 0.15) is 16.9 Å². The highest BCUT2D eigenvalue weighted by atomic mass is 16.5. The summed E-state index contributed by atoms with van der Waals surface area (Å²) in [5.41, 5.74) is 5.78. The lowest BCUT2D eigenvalue weighted by atomic mass is 10.1. The number of hydrogen-bond donors (Lipinski definition) is 1. The number of aromatic amines is 1. The molecule has 0 aliphatic heterocycles. The molecule has 1 N–H and O–H groups in total. The maximum atomic E-state index is 5.83. The van der Waals surface area contributed by atoms with E-state index in [1.165, 1.54) is 0 Å². The normalized spacial score (nSPS) is 11.7. The van der Waals surface area contributed by atoms with Gasteiger partial charge < -0.3 is 13.9 Å². The molecular formula is C21H12N4O2. The zero-order chi connectivity index (χ0) is 17.8. The van der Waals surface area contributed by atoms with Crippen molar-refractivity contribution in [3.8, 4) is 22.8 Å². The summed E-state index contributed by atoms with van der Waals surface area (Å²) < 4.78 is 11.1. The monoisotopic (exact) mass is 352 g/mol. The smallest absolute Gasteiger partial charge is 0.246 e. The van der Waals surface area contributed by atoms with Crippen molar-refractivity contribution in [2.75, 3.05) is 0 Å². The molecule has 4 heterocycles. The molecular weight excluding hydrogens is 340 g/mol. The molecule has 0 saturated carbocycles. The van der Waals surface area contributed by atoms with E-state index < -0.39 is 0 Å². The van der Waals surface area contributed by atoms with Crippen molar-refractivity contribution in [1.82, 2.24) is 20.1 Å². The van der Waals surface area contributed by atoms with Gasteiger partial charge in [0.25, 0.3) is 0 Å². The van der Waals surface area contributed by atoms with Crippen LogP contribution in [-0.4, -0.2) is 20.1 Å². The van der Waals surface area contributed by atoms with Gasteiger partial charge >= 0.3 is 0 Å². The molecule has 0 bridgehead atoms. The summed E-state index contributed by atoms with van der Waals surface area (Å²) >= 11 is 0. The number of H-pyrrole nitrogens is 1. The van der Waals surface area contributed by atoms with Crippen LogP contribution < -0.4 is 0 Å². The Bertz CT molecular complexity index is 1410. The Morgan fingerprint density at radius 2 is 1.74 bits per heavy atom. The van der Waals surface area contributed by atoms with Crippen molar-refractivity contribution in [1.29, 1.82) is 0 Å². The average Bonchev–Trinajstić information content (AvgIpc) is 3.42. The molecule has 6 nitrogen and oxygen atoms in total. The molecule has 0 radical (unpaired) electrons. The minimum atomic E-state index is 0.511. The molecule has 0 spiro atoms. The van der Waals surface area contributed by atoms with Crippen molar-refractivity contribution < 1.29 is 8.94 Å². The van der Waals surface area contributed by atoms with E-state index in [4.69, 9.17) is 13.9 Å². The molecule has 0 aliphatic rings. The molecule has 27 heavy (non-hydrogen) atoms. The predicted octanol–water partition coefficient (Wildman–Crippen LogP) is 5.18. The van der Waals surface area contributed by atoms with Crippen LogP contribution in [0.4, 0.5) is 0 Å². The maximum Gasteiger partial charge on any atom is 0.246 e. The second kappa shape index (κ2) is 5.28. The number of nitrogens with one attached hydrogen (secondary N) is 1. The van der Waals surface area contributed by atoms with E-state index >= 15 is 0 Å². The van der Waals surface area contributed by atoms with Crippen LogP contribution in [0.3, 0.4) is 0 Å². The first-order valence-corrected chi connectivity index (χ1v) is 8.54. The first kappa shape index (κ1) is 14.3. The van der Waals surface area contributed by atoms with Gasteiger partial charge in [0, 0.05) is 22.0 Å². The highest BCUT2D eigenvalue weighted by molar-refractivity contribution is 5.88. The van der Waals surface area contributed by atoms with E-state index in [1.807, 2.05) is 54.6 Å². The number of nitrogens with zero attached hydrogens (tertiary/aromatic N) is 3. The SMILES string of the molecule is c1ccc2oc(-c3ccc4cc(-c5ccc6cnoc6c5)[nH]c4n3)nc2c1. The van der Waals surface area contributed by atoms with Crippen LogP contribution in [0, 0.1) is 0 Å². The van der Waals surface area contributed by atoms with E-state index in [0.717, 1.165) is 44.4 Å².